The number of hydrogen-bond acceptors (Lipinski definition) is 4. The predicted octanol–water partition coefficient (Wildman–Crippen LogP) is 2.71. The highest BCUT2D eigenvalue weighted by atomic mass is 35.5. The van der Waals surface area contributed by atoms with Gasteiger partial charge in [-0.25, -0.2) is 4.79 Å². The summed E-state index contributed by atoms with van der Waals surface area (Å²) in [7, 11) is 0. The molecule has 7 nitrogen and oxygen atoms in total. The van der Waals surface area contributed by atoms with Crippen LogP contribution in [0.1, 0.15) is 51.9 Å². The van der Waals surface area contributed by atoms with E-state index in [2.05, 4.69) is 11.4 Å². The highest BCUT2D eigenvalue weighted by Gasteiger charge is 2.41. The van der Waals surface area contributed by atoms with Gasteiger partial charge in [-0.1, -0.05) is 0 Å². The lowest BCUT2D eigenvalue weighted by Crippen LogP contribution is -2.43. The van der Waals surface area contributed by atoms with Crippen molar-refractivity contribution in [2.24, 2.45) is 17.8 Å². The number of carboxylic acid groups (broad SMARTS) is 1. The van der Waals surface area contributed by atoms with E-state index in [-0.39, 0.29) is 24.4 Å². The van der Waals surface area contributed by atoms with Crippen LogP contribution < -0.4 is 5.32 Å². The minimum Gasteiger partial charge on any atom is -0.465 e. The summed E-state index contributed by atoms with van der Waals surface area (Å²) in [5, 5.41) is 21.7. The number of nitrogens with one attached hydrogen (secondary N) is 1. The van der Waals surface area contributed by atoms with Gasteiger partial charge in [-0.2, -0.15) is 5.26 Å². The van der Waals surface area contributed by atoms with Crippen molar-refractivity contribution in [2.45, 2.75) is 64.0 Å². The average Bonchev–Trinajstić information content (AvgIpc) is 3.34. The van der Waals surface area contributed by atoms with Crippen LogP contribution in [0, 0.1) is 29.1 Å². The molecule has 0 aromatic heterocycles. The van der Waals surface area contributed by atoms with E-state index in [1.54, 1.807) is 4.90 Å². The van der Waals surface area contributed by atoms with Crippen molar-refractivity contribution < 1.29 is 14.7 Å². The molecule has 0 spiro atoms. The second kappa shape index (κ2) is 10.3. The van der Waals surface area contributed by atoms with Crippen molar-refractivity contribution in [1.29, 1.82) is 5.26 Å². The molecule has 158 valence electrons. The summed E-state index contributed by atoms with van der Waals surface area (Å²) in [6.45, 7) is 4.13. The van der Waals surface area contributed by atoms with E-state index < -0.39 is 6.09 Å². The highest BCUT2D eigenvalue weighted by Crippen LogP contribution is 2.47. The maximum Gasteiger partial charge on any atom is 0.407 e. The number of hydrogen-bond donors (Lipinski definition) is 2. The van der Waals surface area contributed by atoms with Gasteiger partial charge in [0, 0.05) is 25.7 Å². The fourth-order valence-corrected chi connectivity index (χ4v) is 5.40. The third-order valence-corrected chi connectivity index (χ3v) is 6.84. The lowest BCUT2D eigenvalue weighted by molar-refractivity contribution is -0.130. The summed E-state index contributed by atoms with van der Waals surface area (Å²) in [4.78, 5) is 26.7. The Bertz CT molecular complexity index is 582. The molecule has 0 radical (unpaired) electrons. The molecule has 3 rings (SSSR count). The van der Waals surface area contributed by atoms with Crippen molar-refractivity contribution in [2.75, 3.05) is 26.2 Å². The molecule has 28 heavy (non-hydrogen) atoms. The first-order valence-corrected chi connectivity index (χ1v) is 10.4. The second-order valence-electron chi connectivity index (χ2n) is 8.43. The molecular formula is C20H33ClN4O3. The van der Waals surface area contributed by atoms with Crippen LogP contribution >= 0.6 is 12.4 Å². The zero-order valence-electron chi connectivity index (χ0n) is 16.7. The van der Waals surface area contributed by atoms with E-state index in [1.807, 2.05) is 6.92 Å². The summed E-state index contributed by atoms with van der Waals surface area (Å²) in [6, 6.07) is 2.39. The molecular weight excluding hydrogens is 380 g/mol. The molecule has 2 saturated carbocycles. The fraction of sp³-hybridized carbons (Fsp3) is 0.850. The zero-order valence-corrected chi connectivity index (χ0v) is 17.5. The van der Waals surface area contributed by atoms with Gasteiger partial charge in [-0.3, -0.25) is 4.79 Å². The Morgan fingerprint density at radius 1 is 1.25 bits per heavy atom. The number of nitriles is 1. The number of nitrogens with zero attached hydrogens (tertiary/aromatic N) is 3. The molecule has 1 aliphatic heterocycles. The van der Waals surface area contributed by atoms with Gasteiger partial charge in [0.1, 0.15) is 6.04 Å². The molecule has 2 N–H and O–H groups in total. The largest absolute Gasteiger partial charge is 0.465 e. The SMILES string of the molecule is CCN(CCC1CC2CC(NCC(=O)N3CCCC3C#N)CC2C1)C(=O)O.Cl. The van der Waals surface area contributed by atoms with E-state index in [1.165, 1.54) is 17.7 Å². The maximum atomic E-state index is 12.4. The second-order valence-corrected chi connectivity index (χ2v) is 8.43. The molecule has 2 aliphatic carbocycles. The monoisotopic (exact) mass is 412 g/mol. The van der Waals surface area contributed by atoms with Crippen LogP contribution in [0.15, 0.2) is 0 Å². The molecule has 8 heteroatoms. The van der Waals surface area contributed by atoms with Gasteiger partial charge in [0.25, 0.3) is 0 Å². The van der Waals surface area contributed by atoms with Crippen LogP contribution in [0.3, 0.4) is 0 Å². The molecule has 2 amide bonds. The number of fused-ring (bicyclic) bond motifs is 1. The number of carbonyl (C=O) groups is 2. The number of rotatable bonds is 7. The quantitative estimate of drug-likeness (QED) is 0.670. The minimum absolute atomic E-state index is 0. The molecule has 0 bridgehead atoms. The van der Waals surface area contributed by atoms with Gasteiger partial charge in [-0.05, 0) is 69.6 Å². The Morgan fingerprint density at radius 2 is 1.93 bits per heavy atom. The third kappa shape index (κ3) is 5.30. The summed E-state index contributed by atoms with van der Waals surface area (Å²) >= 11 is 0. The van der Waals surface area contributed by atoms with Crippen molar-refractivity contribution >= 4 is 24.4 Å². The van der Waals surface area contributed by atoms with Crippen molar-refractivity contribution in [3.63, 3.8) is 0 Å². The van der Waals surface area contributed by atoms with Crippen molar-refractivity contribution in [3.8, 4) is 6.07 Å². The van der Waals surface area contributed by atoms with Gasteiger partial charge >= 0.3 is 6.09 Å². The molecule has 1 heterocycles. The first kappa shape index (κ1) is 22.8. The van der Waals surface area contributed by atoms with E-state index in [0.29, 0.717) is 50.0 Å². The molecule has 1 saturated heterocycles. The lowest BCUT2D eigenvalue weighted by atomic mass is 9.98. The smallest absolute Gasteiger partial charge is 0.407 e. The summed E-state index contributed by atoms with van der Waals surface area (Å²) in [5.74, 6) is 2.11. The number of carbonyl (C=O) groups excluding carboxylic acids is 1. The van der Waals surface area contributed by atoms with E-state index >= 15 is 0 Å². The van der Waals surface area contributed by atoms with Gasteiger partial charge in [0.05, 0.1) is 12.6 Å². The van der Waals surface area contributed by atoms with E-state index in [9.17, 15) is 9.59 Å². The Hall–Kier alpha value is -1.52. The first-order valence-electron chi connectivity index (χ1n) is 10.4. The average molecular weight is 413 g/mol. The normalized spacial score (nSPS) is 31.1. The van der Waals surface area contributed by atoms with E-state index in [0.717, 1.165) is 32.1 Å². The van der Waals surface area contributed by atoms with E-state index in [4.69, 9.17) is 10.4 Å². The Labute approximate surface area is 173 Å². The van der Waals surface area contributed by atoms with Gasteiger partial charge in [0.2, 0.25) is 5.91 Å². The topological polar surface area (TPSA) is 96.7 Å². The lowest BCUT2D eigenvalue weighted by Gasteiger charge is -2.22. The van der Waals surface area contributed by atoms with Crippen LogP contribution in [0.25, 0.3) is 0 Å². The minimum atomic E-state index is -0.818. The first-order chi connectivity index (χ1) is 13.0. The number of likely N-dealkylation sites (tertiary alicyclic amines) is 1. The molecule has 0 aromatic carbocycles. The third-order valence-electron chi connectivity index (χ3n) is 6.84. The Morgan fingerprint density at radius 3 is 2.50 bits per heavy atom. The molecule has 3 fully saturated rings. The van der Waals surface area contributed by atoms with Crippen LogP contribution in [0.2, 0.25) is 0 Å². The van der Waals surface area contributed by atoms with Crippen molar-refractivity contribution in [1.82, 2.24) is 15.1 Å². The summed E-state index contributed by atoms with van der Waals surface area (Å²) < 4.78 is 0. The van der Waals surface area contributed by atoms with Crippen LogP contribution in [0.4, 0.5) is 4.79 Å². The molecule has 0 aromatic rings. The van der Waals surface area contributed by atoms with Gasteiger partial charge in [0.15, 0.2) is 0 Å². The van der Waals surface area contributed by atoms with Gasteiger partial charge < -0.3 is 20.2 Å². The molecule has 3 unspecified atom stereocenters. The maximum absolute atomic E-state index is 12.4. The van der Waals surface area contributed by atoms with Crippen molar-refractivity contribution in [3.05, 3.63) is 0 Å². The molecule has 3 aliphatic rings. The van der Waals surface area contributed by atoms with Crippen LogP contribution in [0.5, 0.6) is 0 Å². The summed E-state index contributed by atoms with van der Waals surface area (Å²) in [6.07, 6.45) is 6.49. The van der Waals surface area contributed by atoms with Crippen LogP contribution in [-0.2, 0) is 4.79 Å². The summed E-state index contributed by atoms with van der Waals surface area (Å²) in [5.41, 5.74) is 0. The van der Waals surface area contributed by atoms with Crippen LogP contribution in [-0.4, -0.2) is 65.2 Å². The fourth-order valence-electron chi connectivity index (χ4n) is 5.40. The standard InChI is InChI=1S/C20H32N4O3.ClH/c1-2-23(20(26)27)7-5-14-8-15-10-17(11-16(15)9-14)22-13-19(25)24-6-3-4-18(24)12-21;/h14-18,22H,2-11,13H2,1H3,(H,26,27);1H. The van der Waals surface area contributed by atoms with Gasteiger partial charge in [-0.15, -0.1) is 12.4 Å². The Balaban J connectivity index is 0.00000280. The number of amides is 2. The molecule has 3 atom stereocenters. The zero-order chi connectivity index (χ0) is 19.4. The Kier molecular flexibility index (Phi) is 8.38. The highest BCUT2D eigenvalue weighted by molar-refractivity contribution is 5.85. The number of halogens is 1. The predicted molar refractivity (Wildman–Crippen MR) is 108 cm³/mol.